The number of carbonyl (C=O) groups is 1. The Hall–Kier alpha value is -1.41. The molecule has 4 fully saturated rings. The Morgan fingerprint density at radius 3 is 1.52 bits per heavy atom. The summed E-state index contributed by atoms with van der Waals surface area (Å²) < 4.78 is 155. The molecule has 4 bridgehead atoms. The topological polar surface area (TPSA) is 46.5 Å². The third-order valence-corrected chi connectivity index (χ3v) is 11.8. The van der Waals surface area contributed by atoms with Gasteiger partial charge in [-0.1, -0.05) is 34.1 Å². The number of rotatable bonds is 5. The Kier molecular flexibility index (Phi) is 12.4. The van der Waals surface area contributed by atoms with Crippen LogP contribution in [0.2, 0.25) is 0 Å². The molecule has 9 atom stereocenters. The first-order chi connectivity index (χ1) is 21.3. The Labute approximate surface area is 274 Å². The maximum Gasteiger partial charge on any atom is 0.426 e. The molecule has 4 aliphatic rings. The number of hydrogen-bond acceptors (Lipinski definition) is 3. The van der Waals surface area contributed by atoms with E-state index < -0.39 is 59.1 Å². The maximum absolute atomic E-state index is 14.1. The predicted octanol–water partition coefficient (Wildman–Crippen LogP) is 11.2. The summed E-state index contributed by atoms with van der Waals surface area (Å²) in [6.07, 6.45) is -15.2. The first-order valence-electron chi connectivity index (χ1n) is 16.5. The molecule has 4 rings (SSSR count). The van der Waals surface area contributed by atoms with Crippen molar-refractivity contribution in [2.45, 2.75) is 149 Å². The molecule has 0 heterocycles. The van der Waals surface area contributed by atoms with Crippen molar-refractivity contribution in [3.8, 4) is 0 Å². The summed E-state index contributed by atoms with van der Waals surface area (Å²) in [6, 6.07) is 0. The molecule has 0 amide bonds. The van der Waals surface area contributed by atoms with Crippen molar-refractivity contribution in [2.24, 2.45) is 52.3 Å². The first-order valence-corrected chi connectivity index (χ1v) is 16.5. The van der Waals surface area contributed by atoms with Crippen LogP contribution in [0.5, 0.6) is 0 Å². The van der Waals surface area contributed by atoms with Gasteiger partial charge in [0.05, 0.1) is 5.41 Å². The molecule has 3 nitrogen and oxygen atoms in total. The number of aliphatic hydroxyl groups is 1. The number of fused-ring (bicyclic) bond motifs is 4. The Morgan fingerprint density at radius 2 is 1.25 bits per heavy atom. The third-order valence-electron chi connectivity index (χ3n) is 11.8. The van der Waals surface area contributed by atoms with Crippen LogP contribution in [0.15, 0.2) is 0 Å². The van der Waals surface area contributed by atoms with Gasteiger partial charge >= 0.3 is 30.7 Å². The minimum absolute atomic E-state index is 0.100. The molecule has 15 heteroatoms. The number of ether oxygens (including phenoxy) is 1. The van der Waals surface area contributed by atoms with Crippen LogP contribution in [-0.4, -0.2) is 47.0 Å². The van der Waals surface area contributed by atoms with Crippen LogP contribution in [0.1, 0.15) is 113 Å². The lowest BCUT2D eigenvalue weighted by atomic mass is 9.60. The highest BCUT2D eigenvalue weighted by molar-refractivity contribution is 5.77. The Morgan fingerprint density at radius 1 is 0.729 bits per heavy atom. The fourth-order valence-corrected chi connectivity index (χ4v) is 8.35. The molecule has 284 valence electrons. The predicted molar refractivity (Wildman–Crippen MR) is 154 cm³/mol. The lowest BCUT2D eigenvalue weighted by molar-refractivity contribution is -0.368. The van der Waals surface area contributed by atoms with Gasteiger partial charge in [0.1, 0.15) is 5.60 Å². The molecule has 0 aromatic rings. The quantitative estimate of drug-likeness (QED) is 0.227. The highest BCUT2D eigenvalue weighted by atomic mass is 19.4. The van der Waals surface area contributed by atoms with Gasteiger partial charge in [-0.25, -0.2) is 0 Å². The smallest absolute Gasteiger partial charge is 0.426 e. The molecule has 0 aliphatic heterocycles. The minimum Gasteiger partial charge on any atom is -0.459 e. The van der Waals surface area contributed by atoms with Gasteiger partial charge in [-0.2, -0.15) is 52.7 Å². The van der Waals surface area contributed by atoms with Crippen LogP contribution in [-0.2, 0) is 9.53 Å². The number of hydrogen-bond donors (Lipinski definition) is 1. The second-order valence-corrected chi connectivity index (χ2v) is 15.7. The van der Waals surface area contributed by atoms with Crippen LogP contribution in [0.3, 0.4) is 0 Å². The van der Waals surface area contributed by atoms with Gasteiger partial charge in [0, 0.05) is 0 Å². The van der Waals surface area contributed by atoms with Crippen molar-refractivity contribution in [3.05, 3.63) is 0 Å². The van der Waals surface area contributed by atoms with Gasteiger partial charge < -0.3 is 9.84 Å². The average molecular weight is 723 g/mol. The zero-order valence-electron chi connectivity index (χ0n) is 28.7. The molecular formula is C33H50F12O3. The molecule has 0 aromatic carbocycles. The van der Waals surface area contributed by atoms with E-state index in [1.54, 1.807) is 0 Å². The molecule has 4 saturated carbocycles. The molecule has 4 aliphatic carbocycles. The van der Waals surface area contributed by atoms with Crippen molar-refractivity contribution in [3.63, 3.8) is 0 Å². The summed E-state index contributed by atoms with van der Waals surface area (Å²) >= 11 is 0. The van der Waals surface area contributed by atoms with Crippen LogP contribution in [0, 0.1) is 52.3 Å². The van der Waals surface area contributed by atoms with Gasteiger partial charge in [0.15, 0.2) is 5.41 Å². The van der Waals surface area contributed by atoms with Crippen LogP contribution in [0.25, 0.3) is 0 Å². The molecular weight excluding hydrogens is 672 g/mol. The van der Waals surface area contributed by atoms with Crippen molar-refractivity contribution < 1.29 is 67.3 Å². The largest absolute Gasteiger partial charge is 0.459 e. The Balaban J connectivity index is 0.000000264. The summed E-state index contributed by atoms with van der Waals surface area (Å²) in [4.78, 5) is 11.4. The summed E-state index contributed by atoms with van der Waals surface area (Å²) in [6.45, 7) is 11.7. The van der Waals surface area contributed by atoms with Crippen molar-refractivity contribution >= 4 is 5.97 Å². The zero-order valence-corrected chi connectivity index (χ0v) is 28.7. The van der Waals surface area contributed by atoms with E-state index >= 15 is 0 Å². The van der Waals surface area contributed by atoms with E-state index in [1.165, 1.54) is 47.0 Å². The van der Waals surface area contributed by atoms with E-state index in [9.17, 15) is 57.5 Å². The number of carbonyl (C=O) groups excluding carboxylic acids is 1. The fourth-order valence-electron chi connectivity index (χ4n) is 8.35. The van der Waals surface area contributed by atoms with Gasteiger partial charge in [0.25, 0.3) is 5.60 Å². The second-order valence-electron chi connectivity index (χ2n) is 15.7. The average Bonchev–Trinajstić information content (AvgIpc) is 3.68. The molecule has 0 radical (unpaired) electrons. The number of alkyl halides is 12. The lowest BCUT2D eigenvalue weighted by Gasteiger charge is -2.46. The van der Waals surface area contributed by atoms with Crippen molar-refractivity contribution in [1.82, 2.24) is 0 Å². The van der Waals surface area contributed by atoms with Gasteiger partial charge in [-0.15, -0.1) is 0 Å². The first kappa shape index (κ1) is 42.8. The van der Waals surface area contributed by atoms with E-state index in [4.69, 9.17) is 9.84 Å². The lowest BCUT2D eigenvalue weighted by Crippen LogP contribution is -2.56. The third kappa shape index (κ3) is 8.37. The van der Waals surface area contributed by atoms with Crippen LogP contribution >= 0.6 is 0 Å². The molecule has 1 N–H and O–H groups in total. The van der Waals surface area contributed by atoms with Crippen molar-refractivity contribution in [2.75, 3.05) is 0 Å². The highest BCUT2D eigenvalue weighted by Crippen LogP contribution is 2.69. The maximum atomic E-state index is 14.1. The minimum atomic E-state index is -5.68. The zero-order chi connectivity index (χ0) is 37.7. The van der Waals surface area contributed by atoms with E-state index in [0.717, 1.165) is 25.7 Å². The van der Waals surface area contributed by atoms with Gasteiger partial charge in [-0.05, 0) is 120 Å². The van der Waals surface area contributed by atoms with E-state index in [1.807, 2.05) is 0 Å². The molecule has 9 unspecified atom stereocenters. The number of esters is 1. The molecule has 0 spiro atoms. The van der Waals surface area contributed by atoms with E-state index in [0.29, 0.717) is 43.4 Å². The standard InChI is InChI=1S/C18H27F3.C10H17F3O2.C5H6F6O/c1-10-11(2)16-7-14(10)8-17(16,18(19,20)21)9-15-6-12-3-4-13(15)5-12;1-6-9(5,10(11,12)13)7(14)15-8(2,3)4;1-2-3(12,4(6,7)8)5(9,10)11/h10-16H,3-9H2,1-2H3;6H2,1-5H3;12H,2H2,1H3. The summed E-state index contributed by atoms with van der Waals surface area (Å²) in [5, 5.41) is 8.24. The summed E-state index contributed by atoms with van der Waals surface area (Å²) in [5.74, 6) is 1.48. The van der Waals surface area contributed by atoms with Gasteiger partial charge in [-0.3, -0.25) is 4.79 Å². The van der Waals surface area contributed by atoms with Crippen LogP contribution < -0.4 is 0 Å². The van der Waals surface area contributed by atoms with Gasteiger partial charge in [0.2, 0.25) is 0 Å². The highest BCUT2D eigenvalue weighted by Gasteiger charge is 2.70. The monoisotopic (exact) mass is 722 g/mol. The van der Waals surface area contributed by atoms with E-state index in [2.05, 4.69) is 13.8 Å². The van der Waals surface area contributed by atoms with Crippen molar-refractivity contribution in [1.29, 1.82) is 0 Å². The SMILES string of the molecule is CC1C2CC(C1C)C(CC1CC3CCC1C3)(C(F)(F)F)C2.CCC(C)(C(=O)OC(C)(C)C)C(F)(F)F.CCC(O)(C(F)(F)F)C(F)(F)F. The summed E-state index contributed by atoms with van der Waals surface area (Å²) in [7, 11) is 0. The fraction of sp³-hybridized carbons (Fsp3) is 0.970. The number of halogens is 12. The molecule has 0 aromatic heterocycles. The summed E-state index contributed by atoms with van der Waals surface area (Å²) in [5.41, 5.74) is -9.24. The van der Waals surface area contributed by atoms with Crippen LogP contribution in [0.4, 0.5) is 52.7 Å². The normalized spacial score (nSPS) is 33.4. The second kappa shape index (κ2) is 14.0. The molecule has 0 saturated heterocycles. The van der Waals surface area contributed by atoms with E-state index in [-0.39, 0.29) is 18.3 Å². The Bertz CT molecular complexity index is 1070. The molecule has 48 heavy (non-hydrogen) atoms.